The highest BCUT2D eigenvalue weighted by Gasteiger charge is 2.11. The quantitative estimate of drug-likeness (QED) is 0.545. The standard InChI is InChI=1S/C10H8O5S/c11-6-1-3-7(4-2-6)16-8(10(14)15)5-9(12)13/h1-5,11H,(H,12,13)(H,14,15). The van der Waals surface area contributed by atoms with Crippen LogP contribution in [0.3, 0.4) is 0 Å². The summed E-state index contributed by atoms with van der Waals surface area (Å²) in [5.74, 6) is -2.56. The number of aromatic hydroxyl groups is 1. The van der Waals surface area contributed by atoms with Crippen molar-refractivity contribution in [3.8, 4) is 5.75 Å². The van der Waals surface area contributed by atoms with E-state index in [2.05, 4.69) is 0 Å². The van der Waals surface area contributed by atoms with Gasteiger partial charge in [-0.3, -0.25) is 0 Å². The summed E-state index contributed by atoms with van der Waals surface area (Å²) >= 11 is 0.803. The fraction of sp³-hybridized carbons (Fsp3) is 0. The Hall–Kier alpha value is -1.95. The number of benzene rings is 1. The topological polar surface area (TPSA) is 94.8 Å². The Morgan fingerprint density at radius 2 is 1.69 bits per heavy atom. The summed E-state index contributed by atoms with van der Waals surface area (Å²) in [6.07, 6.45) is 0.625. The van der Waals surface area contributed by atoms with E-state index in [1.807, 2.05) is 0 Å². The average molecular weight is 240 g/mol. The number of hydrogen-bond donors (Lipinski definition) is 3. The van der Waals surface area contributed by atoms with Crippen molar-refractivity contribution in [2.45, 2.75) is 4.90 Å². The highest BCUT2D eigenvalue weighted by Crippen LogP contribution is 2.27. The molecule has 0 heterocycles. The van der Waals surface area contributed by atoms with E-state index in [1.54, 1.807) is 0 Å². The summed E-state index contributed by atoms with van der Waals surface area (Å²) in [6, 6.07) is 5.78. The molecule has 0 bridgehead atoms. The molecule has 0 spiro atoms. The molecule has 84 valence electrons. The van der Waals surface area contributed by atoms with Crippen molar-refractivity contribution in [2.75, 3.05) is 0 Å². The summed E-state index contributed by atoms with van der Waals surface area (Å²) < 4.78 is 0. The third kappa shape index (κ3) is 3.66. The second-order valence-corrected chi connectivity index (χ2v) is 3.86. The van der Waals surface area contributed by atoms with Crippen molar-refractivity contribution < 1.29 is 24.9 Å². The van der Waals surface area contributed by atoms with Crippen molar-refractivity contribution >= 4 is 23.7 Å². The summed E-state index contributed by atoms with van der Waals surface area (Å²) in [7, 11) is 0. The van der Waals surface area contributed by atoms with Crippen LogP contribution in [-0.4, -0.2) is 27.3 Å². The SMILES string of the molecule is O=C(O)C=C(Sc1ccc(O)cc1)C(=O)O. The Labute approximate surface area is 95.0 Å². The first-order valence-electron chi connectivity index (χ1n) is 4.14. The van der Waals surface area contributed by atoms with Crippen LogP contribution in [0.1, 0.15) is 0 Å². The van der Waals surface area contributed by atoms with Gasteiger partial charge >= 0.3 is 11.9 Å². The van der Waals surface area contributed by atoms with Crippen LogP contribution in [0.2, 0.25) is 0 Å². The zero-order chi connectivity index (χ0) is 12.1. The van der Waals surface area contributed by atoms with Gasteiger partial charge in [0.15, 0.2) is 0 Å². The number of carboxylic acids is 2. The average Bonchev–Trinajstić information content (AvgIpc) is 2.19. The summed E-state index contributed by atoms with van der Waals surface area (Å²) in [4.78, 5) is 21.3. The van der Waals surface area contributed by atoms with Gasteiger partial charge in [0.2, 0.25) is 0 Å². The molecule has 0 aromatic heterocycles. The summed E-state index contributed by atoms with van der Waals surface area (Å²) in [5, 5.41) is 26.2. The molecule has 0 atom stereocenters. The number of phenols is 1. The molecule has 16 heavy (non-hydrogen) atoms. The molecule has 0 radical (unpaired) electrons. The van der Waals surface area contributed by atoms with E-state index in [-0.39, 0.29) is 10.7 Å². The Bertz CT molecular complexity index is 435. The molecule has 0 aliphatic rings. The fourth-order valence-corrected chi connectivity index (χ4v) is 1.66. The number of thioether (sulfide) groups is 1. The first kappa shape index (κ1) is 12.1. The van der Waals surface area contributed by atoms with Crippen LogP contribution in [0.5, 0.6) is 5.75 Å². The number of phenolic OH excluding ortho intramolecular Hbond substituents is 1. The van der Waals surface area contributed by atoms with Crippen molar-refractivity contribution in [2.24, 2.45) is 0 Å². The lowest BCUT2D eigenvalue weighted by Gasteiger charge is -2.01. The van der Waals surface area contributed by atoms with Gasteiger partial charge in [0.25, 0.3) is 0 Å². The van der Waals surface area contributed by atoms with Crippen LogP contribution in [0.25, 0.3) is 0 Å². The predicted octanol–water partition coefficient (Wildman–Crippen LogP) is 1.54. The Balaban J connectivity index is 2.88. The van der Waals surface area contributed by atoms with Gasteiger partial charge in [0, 0.05) is 11.0 Å². The first-order valence-corrected chi connectivity index (χ1v) is 4.95. The van der Waals surface area contributed by atoms with Gasteiger partial charge in [-0.15, -0.1) is 0 Å². The minimum Gasteiger partial charge on any atom is -0.508 e. The lowest BCUT2D eigenvalue weighted by molar-refractivity contribution is -0.134. The molecular weight excluding hydrogens is 232 g/mol. The molecule has 0 saturated heterocycles. The number of carbonyl (C=O) groups is 2. The number of aliphatic carboxylic acids is 2. The maximum absolute atomic E-state index is 10.7. The molecule has 0 fully saturated rings. The zero-order valence-corrected chi connectivity index (χ0v) is 8.77. The maximum Gasteiger partial charge on any atom is 0.342 e. The number of rotatable bonds is 4. The smallest absolute Gasteiger partial charge is 0.342 e. The lowest BCUT2D eigenvalue weighted by Crippen LogP contribution is -2.00. The van der Waals surface area contributed by atoms with E-state index >= 15 is 0 Å². The van der Waals surface area contributed by atoms with Gasteiger partial charge in [-0.05, 0) is 24.3 Å². The normalized spacial score (nSPS) is 11.1. The van der Waals surface area contributed by atoms with Crippen molar-refractivity contribution in [3.05, 3.63) is 35.2 Å². The molecule has 1 aromatic rings. The predicted molar refractivity (Wildman–Crippen MR) is 57.3 cm³/mol. The van der Waals surface area contributed by atoms with Crippen LogP contribution in [0.15, 0.2) is 40.1 Å². The van der Waals surface area contributed by atoms with E-state index in [4.69, 9.17) is 15.3 Å². The van der Waals surface area contributed by atoms with Gasteiger partial charge in [0.05, 0.1) is 0 Å². The van der Waals surface area contributed by atoms with Crippen LogP contribution < -0.4 is 0 Å². The highest BCUT2D eigenvalue weighted by molar-refractivity contribution is 8.04. The third-order valence-corrected chi connectivity index (χ3v) is 2.55. The fourth-order valence-electron chi connectivity index (χ4n) is 0.888. The highest BCUT2D eigenvalue weighted by atomic mass is 32.2. The van der Waals surface area contributed by atoms with Crippen molar-refractivity contribution in [1.29, 1.82) is 0 Å². The van der Waals surface area contributed by atoms with Gasteiger partial charge in [0.1, 0.15) is 10.7 Å². The Morgan fingerprint density at radius 3 is 2.12 bits per heavy atom. The van der Waals surface area contributed by atoms with E-state index in [1.165, 1.54) is 24.3 Å². The summed E-state index contributed by atoms with van der Waals surface area (Å²) in [5.41, 5.74) is 0. The monoisotopic (exact) mass is 240 g/mol. The largest absolute Gasteiger partial charge is 0.508 e. The molecule has 5 nitrogen and oxygen atoms in total. The van der Waals surface area contributed by atoms with Crippen LogP contribution in [-0.2, 0) is 9.59 Å². The van der Waals surface area contributed by atoms with Crippen molar-refractivity contribution in [3.63, 3.8) is 0 Å². The summed E-state index contributed by atoms with van der Waals surface area (Å²) in [6.45, 7) is 0. The lowest BCUT2D eigenvalue weighted by atomic mass is 10.3. The molecule has 0 aliphatic heterocycles. The number of hydrogen-bond acceptors (Lipinski definition) is 4. The van der Waals surface area contributed by atoms with Crippen LogP contribution >= 0.6 is 11.8 Å². The maximum atomic E-state index is 10.7. The third-order valence-electron chi connectivity index (χ3n) is 1.53. The molecule has 0 amide bonds. The molecule has 6 heteroatoms. The van der Waals surface area contributed by atoms with Crippen LogP contribution in [0.4, 0.5) is 0 Å². The molecule has 1 rings (SSSR count). The minimum atomic E-state index is -1.32. The Morgan fingerprint density at radius 1 is 1.12 bits per heavy atom. The van der Waals surface area contributed by atoms with Gasteiger partial charge in [-0.2, -0.15) is 0 Å². The zero-order valence-electron chi connectivity index (χ0n) is 7.95. The van der Waals surface area contributed by atoms with Crippen molar-refractivity contribution in [1.82, 2.24) is 0 Å². The van der Waals surface area contributed by atoms with E-state index in [9.17, 15) is 9.59 Å². The molecule has 3 N–H and O–H groups in total. The second kappa shape index (κ2) is 5.22. The van der Waals surface area contributed by atoms with Gasteiger partial charge in [-0.25, -0.2) is 9.59 Å². The minimum absolute atomic E-state index is 0.0587. The molecule has 0 aliphatic carbocycles. The number of carboxylic acid groups (broad SMARTS) is 2. The second-order valence-electron chi connectivity index (χ2n) is 2.75. The van der Waals surface area contributed by atoms with E-state index < -0.39 is 11.9 Å². The van der Waals surface area contributed by atoms with E-state index in [0.717, 1.165) is 11.8 Å². The molecule has 0 unspecified atom stereocenters. The van der Waals surface area contributed by atoms with Gasteiger partial charge in [-0.1, -0.05) is 11.8 Å². The molecule has 0 saturated carbocycles. The molecule has 1 aromatic carbocycles. The van der Waals surface area contributed by atoms with Gasteiger partial charge < -0.3 is 15.3 Å². The first-order chi connectivity index (χ1) is 7.49. The molecular formula is C10H8O5S. The van der Waals surface area contributed by atoms with Crippen LogP contribution in [0, 0.1) is 0 Å². The van der Waals surface area contributed by atoms with E-state index in [0.29, 0.717) is 11.0 Å². The Kier molecular flexibility index (Phi) is 3.96.